The maximum absolute atomic E-state index is 12.6. The van der Waals surface area contributed by atoms with Gasteiger partial charge in [-0.3, -0.25) is 0 Å². The van der Waals surface area contributed by atoms with Crippen LogP contribution in [0.25, 0.3) is 0 Å². The Balaban J connectivity index is 2.07. The van der Waals surface area contributed by atoms with Gasteiger partial charge >= 0.3 is 6.18 Å². The lowest BCUT2D eigenvalue weighted by Gasteiger charge is -2.24. The molecule has 0 aliphatic heterocycles. The summed E-state index contributed by atoms with van der Waals surface area (Å²) in [5.74, 6) is 0.591. The van der Waals surface area contributed by atoms with Crippen LogP contribution in [0.4, 0.5) is 13.2 Å². The highest BCUT2D eigenvalue weighted by atomic mass is 19.4. The summed E-state index contributed by atoms with van der Waals surface area (Å²) in [5, 5.41) is 2.93. The van der Waals surface area contributed by atoms with E-state index in [0.717, 1.165) is 5.56 Å². The summed E-state index contributed by atoms with van der Waals surface area (Å²) in [6.45, 7) is 2.37. The molecule has 0 heterocycles. The third-order valence-corrected chi connectivity index (χ3v) is 4.30. The van der Waals surface area contributed by atoms with Gasteiger partial charge in [-0.1, -0.05) is 50.5 Å². The zero-order valence-electron chi connectivity index (χ0n) is 12.5. The molecule has 1 aromatic carbocycles. The van der Waals surface area contributed by atoms with Gasteiger partial charge in [-0.25, -0.2) is 0 Å². The first-order valence-electron chi connectivity index (χ1n) is 7.89. The molecule has 0 bridgehead atoms. The quantitative estimate of drug-likeness (QED) is 0.774. The molecule has 21 heavy (non-hydrogen) atoms. The summed E-state index contributed by atoms with van der Waals surface area (Å²) in [6, 6.07) is 7.12. The maximum atomic E-state index is 12.6. The van der Waals surface area contributed by atoms with Crippen molar-refractivity contribution in [3.05, 3.63) is 35.4 Å². The highest BCUT2D eigenvalue weighted by molar-refractivity contribution is 5.28. The number of alkyl halides is 3. The average Bonchev–Trinajstić information content (AvgIpc) is 2.47. The third kappa shape index (κ3) is 5.03. The van der Waals surface area contributed by atoms with E-state index < -0.39 is 18.6 Å². The van der Waals surface area contributed by atoms with Crippen molar-refractivity contribution in [3.8, 4) is 0 Å². The highest BCUT2D eigenvalue weighted by Crippen LogP contribution is 2.34. The van der Waals surface area contributed by atoms with Crippen molar-refractivity contribution in [1.29, 1.82) is 0 Å². The van der Waals surface area contributed by atoms with Crippen molar-refractivity contribution in [2.45, 2.75) is 63.6 Å². The molecule has 0 aromatic heterocycles. The Hall–Kier alpha value is -1.03. The molecule has 1 saturated carbocycles. The molecule has 1 nitrogen and oxygen atoms in total. The molecule has 0 spiro atoms. The van der Waals surface area contributed by atoms with Gasteiger partial charge in [-0.2, -0.15) is 13.2 Å². The molecule has 1 atom stereocenters. The van der Waals surface area contributed by atoms with Crippen LogP contribution in [0.15, 0.2) is 24.3 Å². The van der Waals surface area contributed by atoms with E-state index in [1.54, 1.807) is 0 Å². The Labute approximate surface area is 124 Å². The fourth-order valence-electron chi connectivity index (χ4n) is 3.22. The lowest BCUT2D eigenvalue weighted by Crippen LogP contribution is -2.26. The Morgan fingerprint density at radius 1 is 1.10 bits per heavy atom. The van der Waals surface area contributed by atoms with Crippen LogP contribution < -0.4 is 5.32 Å². The Morgan fingerprint density at radius 3 is 2.24 bits per heavy atom. The minimum atomic E-state index is -4.14. The van der Waals surface area contributed by atoms with Crippen molar-refractivity contribution in [3.63, 3.8) is 0 Å². The predicted octanol–water partition coefficient (Wildman–Crippen LogP) is 5.34. The van der Waals surface area contributed by atoms with E-state index in [4.69, 9.17) is 0 Å². The molecule has 118 valence electrons. The molecular weight excluding hydrogens is 275 g/mol. The van der Waals surface area contributed by atoms with Gasteiger partial charge < -0.3 is 5.32 Å². The number of halogens is 3. The molecule has 1 aliphatic rings. The molecule has 1 aromatic rings. The lowest BCUT2D eigenvalue weighted by atomic mass is 9.83. The zero-order chi connectivity index (χ0) is 15.3. The van der Waals surface area contributed by atoms with E-state index in [2.05, 4.69) is 5.32 Å². The lowest BCUT2D eigenvalue weighted by molar-refractivity contribution is -0.140. The van der Waals surface area contributed by atoms with Crippen molar-refractivity contribution < 1.29 is 13.2 Å². The minimum absolute atomic E-state index is 0.533. The van der Waals surface area contributed by atoms with Gasteiger partial charge in [0, 0.05) is 6.04 Å². The molecule has 1 fully saturated rings. The monoisotopic (exact) mass is 299 g/mol. The first kappa shape index (κ1) is 16.3. The zero-order valence-corrected chi connectivity index (χ0v) is 12.5. The van der Waals surface area contributed by atoms with Crippen LogP contribution in [0.1, 0.15) is 68.5 Å². The normalized spacial score (nSPS) is 18.7. The molecule has 2 rings (SSSR count). The van der Waals surface area contributed by atoms with E-state index in [1.807, 2.05) is 31.2 Å². The number of benzene rings is 1. The van der Waals surface area contributed by atoms with Crippen molar-refractivity contribution in [2.24, 2.45) is 0 Å². The van der Waals surface area contributed by atoms with Gasteiger partial charge in [0.2, 0.25) is 0 Å². The van der Waals surface area contributed by atoms with Gasteiger partial charge in [0.25, 0.3) is 0 Å². The first-order chi connectivity index (χ1) is 9.99. The van der Waals surface area contributed by atoms with Crippen LogP contribution in [0.3, 0.4) is 0 Å². The SMILES string of the molecule is CCNC(CC(F)(F)F)c1ccc(C2CCCCC2)cc1. The van der Waals surface area contributed by atoms with Gasteiger partial charge in [0.1, 0.15) is 0 Å². The number of rotatable bonds is 5. The summed E-state index contributed by atoms with van der Waals surface area (Å²) in [5.41, 5.74) is 2.01. The van der Waals surface area contributed by atoms with E-state index in [1.165, 1.54) is 37.7 Å². The first-order valence-corrected chi connectivity index (χ1v) is 7.89. The second kappa shape index (κ2) is 7.30. The molecule has 0 amide bonds. The predicted molar refractivity (Wildman–Crippen MR) is 79.4 cm³/mol. The van der Waals surface area contributed by atoms with Gasteiger partial charge in [0.15, 0.2) is 0 Å². The summed E-state index contributed by atoms with van der Waals surface area (Å²) in [4.78, 5) is 0. The van der Waals surface area contributed by atoms with Gasteiger partial charge in [0.05, 0.1) is 6.42 Å². The van der Waals surface area contributed by atoms with Crippen LogP contribution in [-0.4, -0.2) is 12.7 Å². The van der Waals surface area contributed by atoms with Crippen molar-refractivity contribution in [2.75, 3.05) is 6.54 Å². The fourth-order valence-corrected chi connectivity index (χ4v) is 3.22. The van der Waals surface area contributed by atoms with Gasteiger partial charge in [-0.15, -0.1) is 0 Å². The smallest absolute Gasteiger partial charge is 0.310 e. The van der Waals surface area contributed by atoms with E-state index in [9.17, 15) is 13.2 Å². The van der Waals surface area contributed by atoms with E-state index in [-0.39, 0.29) is 0 Å². The molecule has 1 unspecified atom stereocenters. The molecule has 1 aliphatic carbocycles. The second-order valence-corrected chi connectivity index (χ2v) is 5.93. The summed E-state index contributed by atoms with van der Waals surface area (Å²) >= 11 is 0. The molecule has 0 radical (unpaired) electrons. The van der Waals surface area contributed by atoms with Crippen LogP contribution in [0.5, 0.6) is 0 Å². The summed E-state index contributed by atoms with van der Waals surface area (Å²) in [6.07, 6.45) is 1.29. The number of nitrogens with one attached hydrogen (secondary N) is 1. The van der Waals surface area contributed by atoms with Crippen LogP contribution in [-0.2, 0) is 0 Å². The minimum Gasteiger partial charge on any atom is -0.310 e. The Bertz CT molecular complexity index is 419. The van der Waals surface area contributed by atoms with Crippen molar-refractivity contribution in [1.82, 2.24) is 5.32 Å². The summed E-state index contributed by atoms with van der Waals surface area (Å²) < 4.78 is 37.9. The molecule has 1 N–H and O–H groups in total. The average molecular weight is 299 g/mol. The largest absolute Gasteiger partial charge is 0.390 e. The topological polar surface area (TPSA) is 12.0 Å². The fraction of sp³-hybridized carbons (Fsp3) is 0.647. The van der Waals surface area contributed by atoms with E-state index >= 15 is 0 Å². The van der Waals surface area contributed by atoms with Crippen LogP contribution >= 0.6 is 0 Å². The Morgan fingerprint density at radius 2 is 1.71 bits per heavy atom. The summed E-state index contributed by atoms with van der Waals surface area (Å²) in [7, 11) is 0. The van der Waals surface area contributed by atoms with Crippen molar-refractivity contribution >= 4 is 0 Å². The molecule has 0 saturated heterocycles. The highest BCUT2D eigenvalue weighted by Gasteiger charge is 2.32. The number of hydrogen-bond donors (Lipinski definition) is 1. The number of hydrogen-bond acceptors (Lipinski definition) is 1. The van der Waals surface area contributed by atoms with E-state index in [0.29, 0.717) is 12.5 Å². The molecular formula is C17H24F3N. The molecule has 4 heteroatoms. The third-order valence-electron chi connectivity index (χ3n) is 4.30. The van der Waals surface area contributed by atoms with Gasteiger partial charge in [-0.05, 0) is 36.4 Å². The van der Waals surface area contributed by atoms with Crippen LogP contribution in [0, 0.1) is 0 Å². The van der Waals surface area contributed by atoms with Crippen LogP contribution in [0.2, 0.25) is 0 Å². The Kier molecular flexibility index (Phi) is 5.68. The standard InChI is InChI=1S/C17H24F3N/c1-2-21-16(12-17(18,19)20)15-10-8-14(9-11-15)13-6-4-3-5-7-13/h8-11,13,16,21H,2-7,12H2,1H3. The maximum Gasteiger partial charge on any atom is 0.390 e. The second-order valence-electron chi connectivity index (χ2n) is 5.93.